The molecule has 0 atom stereocenters. The maximum absolute atomic E-state index is 11.1. The van der Waals surface area contributed by atoms with Crippen molar-refractivity contribution in [3.8, 4) is 0 Å². The van der Waals surface area contributed by atoms with Gasteiger partial charge in [0.1, 0.15) is 0 Å². The molecule has 0 saturated heterocycles. The van der Waals surface area contributed by atoms with Gasteiger partial charge in [0.05, 0.1) is 12.3 Å². The highest BCUT2D eigenvalue weighted by Crippen LogP contribution is 2.08. The lowest BCUT2D eigenvalue weighted by Gasteiger charge is -1.97. The lowest BCUT2D eigenvalue weighted by molar-refractivity contribution is 0.0520. The zero-order valence-corrected chi connectivity index (χ0v) is 7.07. The zero-order chi connectivity index (χ0) is 9.14. The Labute approximate surface area is 70.1 Å². The van der Waals surface area contributed by atoms with Crippen LogP contribution in [0, 0.1) is 0 Å². The largest absolute Gasteiger partial charge is 0.461 e. The van der Waals surface area contributed by atoms with Crippen molar-refractivity contribution >= 4 is 11.7 Å². The molecule has 0 aromatic carbocycles. The average Bonchev–Trinajstić information content (AvgIpc) is 2.30. The monoisotopic (exact) mass is 169 g/mol. The number of esters is 1. The molecule has 0 aliphatic rings. The van der Waals surface area contributed by atoms with Gasteiger partial charge in [-0.25, -0.2) is 4.79 Å². The molecule has 2 N–H and O–H groups in total. The van der Waals surface area contributed by atoms with Crippen LogP contribution in [0.5, 0.6) is 0 Å². The smallest absolute Gasteiger partial charge is 0.361 e. The van der Waals surface area contributed by atoms with E-state index >= 15 is 0 Å². The number of anilines is 1. The minimum Gasteiger partial charge on any atom is -0.461 e. The maximum atomic E-state index is 11.1. The van der Waals surface area contributed by atoms with Crippen molar-refractivity contribution in [2.75, 3.05) is 12.3 Å². The number of hydrogen-bond acceptors (Lipinski definition) is 4. The number of aromatic nitrogens is 2. The lowest BCUT2D eigenvalue weighted by atomic mass is 10.4. The molecular formula is C7H11N3O2. The first-order valence-electron chi connectivity index (χ1n) is 3.61. The standard InChI is InChI=1S/C7H11N3O2/c1-3-12-7(11)6-5(8)4-10(2)9-6/h4H,3,8H2,1-2H3. The Morgan fingerprint density at radius 1 is 1.83 bits per heavy atom. The molecule has 0 bridgehead atoms. The number of nitrogens with zero attached hydrogens (tertiary/aromatic N) is 2. The average molecular weight is 169 g/mol. The van der Waals surface area contributed by atoms with Gasteiger partial charge < -0.3 is 10.5 Å². The van der Waals surface area contributed by atoms with Gasteiger partial charge in [0, 0.05) is 13.2 Å². The highest BCUT2D eigenvalue weighted by molar-refractivity contribution is 5.92. The zero-order valence-electron chi connectivity index (χ0n) is 7.07. The second kappa shape index (κ2) is 3.25. The molecule has 0 saturated carbocycles. The third-order valence-electron chi connectivity index (χ3n) is 1.33. The van der Waals surface area contributed by atoms with Crippen LogP contribution in [0.25, 0.3) is 0 Å². The maximum Gasteiger partial charge on any atom is 0.361 e. The van der Waals surface area contributed by atoms with Gasteiger partial charge in [0.15, 0.2) is 5.69 Å². The Hall–Kier alpha value is -1.52. The van der Waals surface area contributed by atoms with E-state index in [1.54, 1.807) is 20.2 Å². The van der Waals surface area contributed by atoms with Gasteiger partial charge in [-0.2, -0.15) is 5.10 Å². The topological polar surface area (TPSA) is 70.1 Å². The summed E-state index contributed by atoms with van der Waals surface area (Å²) in [5, 5.41) is 3.85. The van der Waals surface area contributed by atoms with E-state index in [2.05, 4.69) is 5.10 Å². The van der Waals surface area contributed by atoms with Crippen LogP contribution in [0.15, 0.2) is 6.20 Å². The Morgan fingerprint density at radius 3 is 2.92 bits per heavy atom. The van der Waals surface area contributed by atoms with Gasteiger partial charge in [-0.3, -0.25) is 4.68 Å². The summed E-state index contributed by atoms with van der Waals surface area (Å²) < 4.78 is 6.20. The van der Waals surface area contributed by atoms with Crippen molar-refractivity contribution < 1.29 is 9.53 Å². The third-order valence-corrected chi connectivity index (χ3v) is 1.33. The van der Waals surface area contributed by atoms with Crippen LogP contribution < -0.4 is 5.73 Å². The summed E-state index contributed by atoms with van der Waals surface area (Å²) >= 11 is 0. The van der Waals surface area contributed by atoms with E-state index in [1.807, 2.05) is 0 Å². The van der Waals surface area contributed by atoms with Crippen LogP contribution in [0.2, 0.25) is 0 Å². The molecule has 0 fully saturated rings. The Kier molecular flexibility index (Phi) is 2.32. The predicted octanol–water partition coefficient (Wildman–Crippen LogP) is 0.179. The van der Waals surface area contributed by atoms with E-state index in [-0.39, 0.29) is 5.69 Å². The van der Waals surface area contributed by atoms with Gasteiger partial charge in [-0.15, -0.1) is 0 Å². The molecule has 12 heavy (non-hydrogen) atoms. The number of carbonyl (C=O) groups excluding carboxylic acids is 1. The summed E-state index contributed by atoms with van der Waals surface area (Å²) in [6.45, 7) is 2.06. The van der Waals surface area contributed by atoms with Crippen molar-refractivity contribution in [2.45, 2.75) is 6.92 Å². The first kappa shape index (κ1) is 8.58. The number of rotatable bonds is 2. The molecule has 5 heteroatoms. The highest BCUT2D eigenvalue weighted by Gasteiger charge is 2.14. The van der Waals surface area contributed by atoms with Crippen LogP contribution in [-0.2, 0) is 11.8 Å². The quantitative estimate of drug-likeness (QED) is 0.641. The Morgan fingerprint density at radius 2 is 2.50 bits per heavy atom. The van der Waals surface area contributed by atoms with Gasteiger partial charge >= 0.3 is 5.97 Å². The normalized spacial score (nSPS) is 9.83. The van der Waals surface area contributed by atoms with Crippen LogP contribution in [-0.4, -0.2) is 22.4 Å². The van der Waals surface area contributed by atoms with Crippen molar-refractivity contribution in [2.24, 2.45) is 7.05 Å². The molecule has 0 spiro atoms. The Bertz CT molecular complexity index is 293. The molecule has 1 rings (SSSR count). The minimum absolute atomic E-state index is 0.180. The SMILES string of the molecule is CCOC(=O)c1nn(C)cc1N. The number of aryl methyl sites for hydroxylation is 1. The summed E-state index contributed by atoms with van der Waals surface area (Å²) in [4.78, 5) is 11.1. The summed E-state index contributed by atoms with van der Waals surface area (Å²) in [5.74, 6) is -0.476. The second-order valence-corrected chi connectivity index (χ2v) is 2.33. The van der Waals surface area contributed by atoms with Gasteiger partial charge in [-0.05, 0) is 6.92 Å². The molecule has 0 radical (unpaired) electrons. The molecule has 0 amide bonds. The molecule has 1 heterocycles. The second-order valence-electron chi connectivity index (χ2n) is 2.33. The lowest BCUT2D eigenvalue weighted by Crippen LogP contribution is -2.08. The van der Waals surface area contributed by atoms with E-state index < -0.39 is 5.97 Å². The van der Waals surface area contributed by atoms with E-state index in [0.29, 0.717) is 12.3 Å². The number of nitrogen functional groups attached to an aromatic ring is 1. The number of ether oxygens (including phenoxy) is 1. The van der Waals surface area contributed by atoms with Crippen LogP contribution >= 0.6 is 0 Å². The third kappa shape index (κ3) is 1.55. The minimum atomic E-state index is -0.476. The fourth-order valence-electron chi connectivity index (χ4n) is 0.865. The van der Waals surface area contributed by atoms with E-state index in [9.17, 15) is 4.79 Å². The van der Waals surface area contributed by atoms with Crippen LogP contribution in [0.4, 0.5) is 5.69 Å². The van der Waals surface area contributed by atoms with Crippen molar-refractivity contribution in [1.82, 2.24) is 9.78 Å². The number of hydrogen-bond donors (Lipinski definition) is 1. The van der Waals surface area contributed by atoms with Crippen molar-refractivity contribution in [1.29, 1.82) is 0 Å². The molecule has 1 aromatic heterocycles. The molecule has 0 aliphatic carbocycles. The van der Waals surface area contributed by atoms with E-state index in [0.717, 1.165) is 0 Å². The predicted molar refractivity (Wildman–Crippen MR) is 43.6 cm³/mol. The molecule has 0 aliphatic heterocycles. The first-order valence-corrected chi connectivity index (χ1v) is 3.61. The fourth-order valence-corrected chi connectivity index (χ4v) is 0.865. The fraction of sp³-hybridized carbons (Fsp3) is 0.429. The van der Waals surface area contributed by atoms with Crippen LogP contribution in [0.3, 0.4) is 0 Å². The van der Waals surface area contributed by atoms with Crippen molar-refractivity contribution in [3.63, 3.8) is 0 Å². The number of nitrogens with two attached hydrogens (primary N) is 1. The summed E-state index contributed by atoms with van der Waals surface area (Å²) in [5.41, 5.74) is 6.01. The summed E-state index contributed by atoms with van der Waals surface area (Å²) in [7, 11) is 1.69. The first-order chi connectivity index (χ1) is 5.65. The van der Waals surface area contributed by atoms with Gasteiger partial charge in [0.2, 0.25) is 0 Å². The van der Waals surface area contributed by atoms with Crippen molar-refractivity contribution in [3.05, 3.63) is 11.9 Å². The van der Waals surface area contributed by atoms with E-state index in [4.69, 9.17) is 10.5 Å². The molecule has 5 nitrogen and oxygen atoms in total. The molecular weight excluding hydrogens is 158 g/mol. The molecule has 66 valence electrons. The highest BCUT2D eigenvalue weighted by atomic mass is 16.5. The van der Waals surface area contributed by atoms with E-state index in [1.165, 1.54) is 4.68 Å². The molecule has 1 aromatic rings. The number of carbonyl (C=O) groups is 1. The summed E-state index contributed by atoms with van der Waals surface area (Å²) in [6, 6.07) is 0. The van der Waals surface area contributed by atoms with Gasteiger partial charge in [-0.1, -0.05) is 0 Å². The summed E-state index contributed by atoms with van der Waals surface area (Å²) in [6.07, 6.45) is 1.56. The van der Waals surface area contributed by atoms with Gasteiger partial charge in [0.25, 0.3) is 0 Å². The Balaban J connectivity index is 2.87. The van der Waals surface area contributed by atoms with Crippen LogP contribution in [0.1, 0.15) is 17.4 Å². The molecule has 0 unspecified atom stereocenters.